The minimum absolute atomic E-state index is 0.217. The number of amides is 1. The number of rotatable bonds is 5. The van der Waals surface area contributed by atoms with Gasteiger partial charge in [0.05, 0.1) is 17.9 Å². The lowest BCUT2D eigenvalue weighted by molar-refractivity contribution is -0.137. The molecule has 1 aliphatic rings. The molecule has 31 heavy (non-hydrogen) atoms. The summed E-state index contributed by atoms with van der Waals surface area (Å²) in [6, 6.07) is 8.26. The highest BCUT2D eigenvalue weighted by Crippen LogP contribution is 2.30. The lowest BCUT2D eigenvalue weighted by Crippen LogP contribution is -2.30. The highest BCUT2D eigenvalue weighted by atomic mass is 19.4. The summed E-state index contributed by atoms with van der Waals surface area (Å²) in [5.41, 5.74) is -0.0212. The molecular weight excluding hydrogens is 411 g/mol. The molecule has 0 bridgehead atoms. The molecule has 0 saturated carbocycles. The van der Waals surface area contributed by atoms with E-state index in [1.54, 1.807) is 18.2 Å². The van der Waals surface area contributed by atoms with Gasteiger partial charge in [0.1, 0.15) is 5.82 Å². The topological polar surface area (TPSA) is 76.2 Å². The molecule has 1 aromatic carbocycles. The summed E-state index contributed by atoms with van der Waals surface area (Å²) in [6.45, 7) is 4.11. The maximum absolute atomic E-state index is 13.0. The van der Waals surface area contributed by atoms with Crippen molar-refractivity contribution in [3.8, 4) is 0 Å². The number of hydrogen-bond acceptors (Lipinski definition) is 5. The van der Waals surface area contributed by atoms with Crippen molar-refractivity contribution in [1.29, 1.82) is 0 Å². The van der Waals surface area contributed by atoms with E-state index in [0.29, 0.717) is 44.0 Å². The molecule has 0 fully saturated rings. The molecule has 1 aliphatic heterocycles. The Labute approximate surface area is 176 Å². The normalized spacial score (nSPS) is 15.9. The van der Waals surface area contributed by atoms with E-state index >= 15 is 0 Å². The summed E-state index contributed by atoms with van der Waals surface area (Å²) in [7, 11) is 0. The highest BCUT2D eigenvalue weighted by molar-refractivity contribution is 5.91. The molecule has 4 rings (SSSR count). The fourth-order valence-electron chi connectivity index (χ4n) is 3.71. The van der Waals surface area contributed by atoms with Crippen molar-refractivity contribution >= 4 is 5.91 Å². The Balaban J connectivity index is 1.42. The van der Waals surface area contributed by atoms with Crippen molar-refractivity contribution < 1.29 is 22.4 Å². The maximum atomic E-state index is 13.0. The van der Waals surface area contributed by atoms with E-state index in [2.05, 4.69) is 20.4 Å². The molecule has 0 aliphatic carbocycles. The van der Waals surface area contributed by atoms with Crippen LogP contribution in [0, 0.1) is 0 Å². The first-order valence-corrected chi connectivity index (χ1v) is 9.96. The summed E-state index contributed by atoms with van der Waals surface area (Å²) < 4.78 is 46.0. The zero-order chi connectivity index (χ0) is 22.0. The van der Waals surface area contributed by atoms with Gasteiger partial charge in [0, 0.05) is 32.6 Å². The van der Waals surface area contributed by atoms with Crippen molar-refractivity contribution in [2.75, 3.05) is 13.1 Å². The zero-order valence-electron chi connectivity index (χ0n) is 16.9. The first-order valence-electron chi connectivity index (χ1n) is 9.96. The molecule has 1 unspecified atom stereocenters. The number of benzene rings is 1. The Hall–Kier alpha value is -3.14. The van der Waals surface area contributed by atoms with Crippen LogP contribution in [0.3, 0.4) is 0 Å². The van der Waals surface area contributed by atoms with Gasteiger partial charge >= 0.3 is 6.18 Å². The van der Waals surface area contributed by atoms with Crippen LogP contribution in [-0.2, 0) is 25.7 Å². The monoisotopic (exact) mass is 433 g/mol. The number of carbonyl (C=O) groups is 1. The van der Waals surface area contributed by atoms with Gasteiger partial charge in [0.2, 0.25) is 0 Å². The van der Waals surface area contributed by atoms with E-state index in [1.165, 1.54) is 18.4 Å². The molecule has 2 aromatic heterocycles. The van der Waals surface area contributed by atoms with Crippen LogP contribution in [0.1, 0.15) is 46.3 Å². The van der Waals surface area contributed by atoms with Gasteiger partial charge < -0.3 is 14.3 Å². The lowest BCUT2D eigenvalue weighted by Gasteiger charge is -2.20. The molecule has 1 atom stereocenters. The van der Waals surface area contributed by atoms with Crippen molar-refractivity contribution in [3.63, 3.8) is 0 Å². The van der Waals surface area contributed by atoms with Gasteiger partial charge in [-0.3, -0.25) is 9.69 Å². The number of alkyl halides is 3. The fraction of sp³-hybridized carbons (Fsp3) is 0.381. The zero-order valence-corrected chi connectivity index (χ0v) is 16.9. The number of fused-ring (bicyclic) bond motifs is 1. The first kappa shape index (κ1) is 21.1. The highest BCUT2D eigenvalue weighted by Gasteiger charge is 2.30. The van der Waals surface area contributed by atoms with E-state index < -0.39 is 11.7 Å². The van der Waals surface area contributed by atoms with E-state index in [9.17, 15) is 18.0 Å². The first-order chi connectivity index (χ1) is 14.8. The van der Waals surface area contributed by atoms with Crippen molar-refractivity contribution in [2.24, 2.45) is 0 Å². The fourth-order valence-corrected chi connectivity index (χ4v) is 3.71. The lowest BCUT2D eigenvalue weighted by atomic mass is 10.1. The number of hydrogen-bond donors (Lipinski definition) is 1. The number of furan rings is 1. The van der Waals surface area contributed by atoms with Crippen LogP contribution in [0.4, 0.5) is 13.2 Å². The summed E-state index contributed by atoms with van der Waals surface area (Å²) in [6.07, 6.45) is -2.31. The Morgan fingerprint density at radius 3 is 2.77 bits per heavy atom. The molecule has 10 heteroatoms. The van der Waals surface area contributed by atoms with Gasteiger partial charge in [0.15, 0.2) is 11.6 Å². The third kappa shape index (κ3) is 4.79. The Morgan fingerprint density at radius 1 is 1.19 bits per heavy atom. The molecule has 1 amide bonds. The second kappa shape index (κ2) is 8.54. The average Bonchev–Trinajstić information content (AvgIpc) is 3.36. The summed E-state index contributed by atoms with van der Waals surface area (Å²) >= 11 is 0. The van der Waals surface area contributed by atoms with Gasteiger partial charge in [-0.05, 0) is 30.7 Å². The van der Waals surface area contributed by atoms with Gasteiger partial charge in [-0.25, -0.2) is 0 Å². The smallest absolute Gasteiger partial charge is 0.416 e. The quantitative estimate of drug-likeness (QED) is 0.667. The number of halogens is 3. The van der Waals surface area contributed by atoms with Crippen LogP contribution in [-0.4, -0.2) is 38.7 Å². The minimum atomic E-state index is -4.35. The average molecular weight is 433 g/mol. The van der Waals surface area contributed by atoms with E-state index in [-0.39, 0.29) is 17.7 Å². The van der Waals surface area contributed by atoms with E-state index in [1.807, 2.05) is 11.5 Å². The second-order valence-corrected chi connectivity index (χ2v) is 7.52. The number of carbonyl (C=O) groups excluding carboxylic acids is 1. The van der Waals surface area contributed by atoms with Crippen LogP contribution in [0.2, 0.25) is 0 Å². The predicted octanol–water partition coefficient (Wildman–Crippen LogP) is 3.44. The van der Waals surface area contributed by atoms with E-state index in [4.69, 9.17) is 4.42 Å². The van der Waals surface area contributed by atoms with Gasteiger partial charge in [0.25, 0.3) is 5.91 Å². The van der Waals surface area contributed by atoms with Crippen LogP contribution >= 0.6 is 0 Å². The molecule has 0 radical (unpaired) electrons. The maximum Gasteiger partial charge on any atom is 0.416 e. The second-order valence-electron chi connectivity index (χ2n) is 7.52. The van der Waals surface area contributed by atoms with Crippen LogP contribution < -0.4 is 5.32 Å². The van der Waals surface area contributed by atoms with E-state index in [0.717, 1.165) is 11.9 Å². The third-order valence-electron chi connectivity index (χ3n) is 5.29. The SMILES string of the molecule is CC(NC(=O)c1ccco1)c1nnc2n1CCN(Cc1cccc(C(F)(F)F)c1)CC2. The number of nitrogens with zero attached hydrogens (tertiary/aromatic N) is 4. The van der Waals surface area contributed by atoms with Crippen molar-refractivity contribution in [1.82, 2.24) is 25.0 Å². The van der Waals surface area contributed by atoms with Crippen LogP contribution in [0.25, 0.3) is 0 Å². The predicted molar refractivity (Wildman–Crippen MR) is 105 cm³/mol. The Morgan fingerprint density at radius 2 is 2.03 bits per heavy atom. The summed E-state index contributed by atoms with van der Waals surface area (Å²) in [5, 5.41) is 11.4. The Bertz CT molecular complexity index is 1050. The molecule has 164 valence electrons. The summed E-state index contributed by atoms with van der Waals surface area (Å²) in [4.78, 5) is 14.3. The minimum Gasteiger partial charge on any atom is -0.459 e. The van der Waals surface area contributed by atoms with Gasteiger partial charge in [-0.1, -0.05) is 18.2 Å². The molecular formula is C21H22F3N5O2. The van der Waals surface area contributed by atoms with Gasteiger partial charge in [-0.15, -0.1) is 10.2 Å². The number of aromatic nitrogens is 3. The van der Waals surface area contributed by atoms with Crippen molar-refractivity contribution in [3.05, 3.63) is 71.2 Å². The van der Waals surface area contributed by atoms with Crippen molar-refractivity contribution in [2.45, 2.75) is 38.7 Å². The molecule has 0 saturated heterocycles. The Kier molecular flexibility index (Phi) is 5.81. The number of nitrogens with one attached hydrogen (secondary N) is 1. The van der Waals surface area contributed by atoms with Crippen LogP contribution in [0.15, 0.2) is 47.1 Å². The molecule has 1 N–H and O–H groups in total. The molecule has 0 spiro atoms. The molecule has 7 nitrogen and oxygen atoms in total. The van der Waals surface area contributed by atoms with Crippen LogP contribution in [0.5, 0.6) is 0 Å². The largest absolute Gasteiger partial charge is 0.459 e. The standard InChI is InChI=1S/C21H22F3N5O2/c1-14(25-20(30)17-6-3-11-31-17)19-27-26-18-7-8-28(9-10-29(18)19)13-15-4-2-5-16(12-15)21(22,23)24/h2-6,11-12,14H,7-10,13H2,1H3,(H,25,30). The molecule has 3 heterocycles. The molecule has 3 aromatic rings. The third-order valence-corrected chi connectivity index (χ3v) is 5.29. The van der Waals surface area contributed by atoms with Gasteiger partial charge in [-0.2, -0.15) is 13.2 Å². The summed E-state index contributed by atoms with van der Waals surface area (Å²) in [5.74, 6) is 1.31.